The van der Waals surface area contributed by atoms with Crippen LogP contribution in [0.15, 0.2) is 164 Å². The van der Waals surface area contributed by atoms with Crippen LogP contribution in [0.1, 0.15) is 125 Å². The van der Waals surface area contributed by atoms with Gasteiger partial charge in [-0.25, -0.2) is 0 Å². The third-order valence-electron chi connectivity index (χ3n) is 18.7. The molecule has 6 unspecified atom stereocenters. The van der Waals surface area contributed by atoms with Crippen LogP contribution in [0.25, 0.3) is 60.0 Å². The molecule has 0 radical (unpaired) electrons. The smallest absolute Gasteiger partial charge is 0.171 e. The zero-order valence-electron chi connectivity index (χ0n) is 36.2. The first-order valence-corrected chi connectivity index (χ1v) is 23.7. The number of ketones is 2. The summed E-state index contributed by atoms with van der Waals surface area (Å²) in [4.78, 5) is 30.8. The van der Waals surface area contributed by atoms with Gasteiger partial charge in [-0.2, -0.15) is 0 Å². The molecule has 0 bridgehead atoms. The Bertz CT molecular complexity index is 4290. The number of nitrogens with zero attached hydrogens (tertiary/aromatic N) is 1. The predicted octanol–water partition coefficient (Wildman–Crippen LogP) is 13.7. The molecule has 2 heterocycles. The molecule has 0 fully saturated rings. The minimum atomic E-state index is -0.343. The number of carbonyl (C=O) groups is 2. The summed E-state index contributed by atoms with van der Waals surface area (Å²) < 4.78 is 2.46. The Morgan fingerprint density at radius 3 is 1.39 bits per heavy atom. The molecule has 2 spiro atoms. The van der Waals surface area contributed by atoms with Crippen molar-refractivity contribution in [2.45, 2.75) is 53.8 Å². The maximum absolute atomic E-state index is 15.4. The molecule has 0 saturated heterocycles. The molecule has 0 aliphatic heterocycles. The number of benzene rings is 9. The van der Waals surface area contributed by atoms with Crippen molar-refractivity contribution >= 4 is 60.4 Å². The van der Waals surface area contributed by atoms with Crippen molar-refractivity contribution in [3.63, 3.8) is 0 Å². The lowest BCUT2D eigenvalue weighted by molar-refractivity contribution is 0.0839. The van der Waals surface area contributed by atoms with Crippen LogP contribution in [0.4, 0.5) is 0 Å². The second kappa shape index (κ2) is 10.3. The van der Waals surface area contributed by atoms with Crippen molar-refractivity contribution in [3.8, 4) is 11.1 Å². The quantitative estimate of drug-likeness (QED) is 0.153. The summed E-state index contributed by atoms with van der Waals surface area (Å²) in [5, 5.41) is 7.35. The van der Waals surface area contributed by atoms with E-state index in [1.54, 1.807) is 0 Å². The lowest BCUT2D eigenvalue weighted by atomic mass is 9.36. The van der Waals surface area contributed by atoms with E-state index in [1.165, 1.54) is 105 Å². The van der Waals surface area contributed by atoms with Crippen molar-refractivity contribution in [2.24, 2.45) is 0 Å². The van der Waals surface area contributed by atoms with E-state index < -0.39 is 0 Å². The largest absolute Gasteiger partial charge is 0.308 e. The number of Topliss-reactive ketones (excluding diaryl/α,β-unsaturated/α-hetero) is 2. The molecule has 0 N–H and O–H groups in total. The van der Waals surface area contributed by atoms with E-state index in [4.69, 9.17) is 0 Å². The van der Waals surface area contributed by atoms with Gasteiger partial charge in [-0.1, -0.05) is 135 Å². The molecule has 6 atom stereocenters. The Kier molecular flexibility index (Phi) is 5.25. The van der Waals surface area contributed by atoms with Gasteiger partial charge >= 0.3 is 0 Å². The van der Waals surface area contributed by atoms with Crippen molar-refractivity contribution in [1.82, 2.24) is 4.40 Å². The monoisotopic (exact) mass is 839 g/mol. The van der Waals surface area contributed by atoms with Crippen LogP contribution in [0.5, 0.6) is 0 Å². The number of fused-ring (bicyclic) bond motifs is 23. The topological polar surface area (TPSA) is 38.5 Å². The molecule has 0 saturated carbocycles. The second-order valence-corrected chi connectivity index (χ2v) is 21.2. The molecule has 7 aliphatic rings. The van der Waals surface area contributed by atoms with E-state index in [1.807, 2.05) is 0 Å². The molecule has 0 amide bonds. The van der Waals surface area contributed by atoms with Gasteiger partial charge in [0.05, 0.1) is 28.4 Å². The maximum atomic E-state index is 15.4. The van der Waals surface area contributed by atoms with Gasteiger partial charge in [0.15, 0.2) is 11.6 Å². The summed E-state index contributed by atoms with van der Waals surface area (Å²) in [5.74, 6) is 0.215. The average molecular weight is 840 g/mol. The van der Waals surface area contributed by atoms with Gasteiger partial charge in [-0.05, 0) is 131 Å². The van der Waals surface area contributed by atoms with Crippen LogP contribution in [0, 0.1) is 0 Å². The molecule has 11 aromatic rings. The molecule has 3 nitrogen and oxygen atoms in total. The number of rotatable bonds is 0. The van der Waals surface area contributed by atoms with E-state index in [2.05, 4.69) is 182 Å². The molecular weight excluding hydrogens is 803 g/mol. The van der Waals surface area contributed by atoms with Crippen molar-refractivity contribution in [1.29, 1.82) is 0 Å². The van der Waals surface area contributed by atoms with E-state index in [0.29, 0.717) is 0 Å². The van der Waals surface area contributed by atoms with Gasteiger partial charge < -0.3 is 4.40 Å². The number of hydrogen-bond donors (Lipinski definition) is 0. The first-order chi connectivity index (χ1) is 32.3. The van der Waals surface area contributed by atoms with Crippen LogP contribution >= 0.6 is 0 Å². The van der Waals surface area contributed by atoms with Gasteiger partial charge in [-0.15, -0.1) is 0 Å². The zero-order valence-corrected chi connectivity index (χ0v) is 36.2. The fraction of sp³-hybridized carbons (Fsp3) is 0.143. The molecular formula is C63H37NO2. The van der Waals surface area contributed by atoms with E-state index >= 15 is 9.59 Å². The average Bonchev–Trinajstić information content (AvgIpc) is 3.89. The highest BCUT2D eigenvalue weighted by atomic mass is 16.1. The third kappa shape index (κ3) is 3.12. The first kappa shape index (κ1) is 33.8. The van der Waals surface area contributed by atoms with Crippen LogP contribution < -0.4 is 0 Å². The molecule has 306 valence electrons. The molecule has 2 aromatic heterocycles. The number of carbonyl (C=O) groups excluding carboxylic acids is 2. The van der Waals surface area contributed by atoms with Crippen molar-refractivity contribution < 1.29 is 9.59 Å². The van der Waals surface area contributed by atoms with Crippen LogP contribution in [0.3, 0.4) is 0 Å². The number of aromatic nitrogens is 1. The van der Waals surface area contributed by atoms with Crippen LogP contribution in [-0.4, -0.2) is 16.0 Å². The van der Waals surface area contributed by atoms with Crippen molar-refractivity contribution in [2.75, 3.05) is 0 Å². The zero-order chi connectivity index (χ0) is 43.1. The van der Waals surface area contributed by atoms with Gasteiger partial charge in [0, 0.05) is 60.8 Å². The highest BCUT2D eigenvalue weighted by molar-refractivity contribution is 6.29. The molecule has 7 aliphatic carbocycles. The fourth-order valence-corrected chi connectivity index (χ4v) is 16.5. The lowest BCUT2D eigenvalue weighted by Gasteiger charge is -2.64. The summed E-state index contributed by atoms with van der Waals surface area (Å²) in [6, 6.07) is 60.6. The fourth-order valence-electron chi connectivity index (χ4n) is 16.5. The molecule has 18 rings (SSSR count). The predicted molar refractivity (Wildman–Crippen MR) is 261 cm³/mol. The van der Waals surface area contributed by atoms with Gasteiger partial charge in [0.2, 0.25) is 0 Å². The maximum Gasteiger partial charge on any atom is 0.171 e. The molecule has 66 heavy (non-hydrogen) atoms. The highest BCUT2D eigenvalue weighted by Gasteiger charge is 2.70. The normalized spacial score (nSPS) is 25.4. The van der Waals surface area contributed by atoms with Crippen molar-refractivity contribution in [3.05, 3.63) is 242 Å². The van der Waals surface area contributed by atoms with Crippen LogP contribution in [-0.2, 0) is 16.2 Å². The lowest BCUT2D eigenvalue weighted by Crippen LogP contribution is -2.61. The van der Waals surface area contributed by atoms with Crippen LogP contribution in [0.2, 0.25) is 0 Å². The summed E-state index contributed by atoms with van der Waals surface area (Å²) in [6.07, 6.45) is 0. The minimum Gasteiger partial charge on any atom is -0.308 e. The second-order valence-electron chi connectivity index (χ2n) is 21.2. The summed E-state index contributed by atoms with van der Waals surface area (Å²) >= 11 is 0. The van der Waals surface area contributed by atoms with E-state index in [0.717, 1.165) is 33.3 Å². The van der Waals surface area contributed by atoms with E-state index in [9.17, 15) is 0 Å². The SMILES string of the molecule is CC1(C)c2cc3ccccc3cc2-c2cc3c4cc5c(cc4n4c6cc7c(cc6c(c21)c34)C1c2ccccc2C12c1ccccc1C2C7=O)C(=O)C1c2ccccc2C12c1ccccc1C52. The highest BCUT2D eigenvalue weighted by Crippen LogP contribution is 2.76. The minimum absolute atomic E-state index is 0.0895. The summed E-state index contributed by atoms with van der Waals surface area (Å²) in [6.45, 7) is 4.82. The first-order valence-electron chi connectivity index (χ1n) is 23.7. The Hall–Kier alpha value is -7.62. The third-order valence-corrected chi connectivity index (χ3v) is 18.7. The molecule has 3 heteroatoms. The summed E-state index contributed by atoms with van der Waals surface area (Å²) in [7, 11) is 0. The summed E-state index contributed by atoms with van der Waals surface area (Å²) in [5.41, 5.74) is 21.8. The van der Waals surface area contributed by atoms with Gasteiger partial charge in [-0.3, -0.25) is 9.59 Å². The molecule has 9 aromatic carbocycles. The Morgan fingerprint density at radius 1 is 0.394 bits per heavy atom. The van der Waals surface area contributed by atoms with Gasteiger partial charge in [0.1, 0.15) is 0 Å². The van der Waals surface area contributed by atoms with E-state index in [-0.39, 0.29) is 51.5 Å². The standard InChI is InChI=1S/C63H37NO2/c1-61(2)49-24-31-14-4-3-13-30(31)23-36(49)38-26-41-37-25-39-42(59(65)56-34-17-7-11-21-47(34)62(56)45-19-9-5-15-32(45)53(39)62)28-50(37)64-51-29-43-40(27-44(51)52(55(38)61)58(41)64)54-33-16-6-10-20-46(33)63(54)48-22-12-8-18-35(48)57(63)60(43)66/h3-29,53-54,56-57H,1-2H3. The van der Waals surface area contributed by atoms with Gasteiger partial charge in [0.25, 0.3) is 0 Å². The Morgan fingerprint density at radius 2 is 0.848 bits per heavy atom. The Balaban J connectivity index is 0.991. The Labute approximate surface area is 379 Å². The number of hydrogen-bond acceptors (Lipinski definition) is 2.